The number of aryl methyl sites for hydroxylation is 1. The van der Waals surface area contributed by atoms with Crippen molar-refractivity contribution in [1.82, 2.24) is 4.98 Å². The Morgan fingerprint density at radius 1 is 1.67 bits per heavy atom. The molecule has 15 heavy (non-hydrogen) atoms. The highest BCUT2D eigenvalue weighted by Gasteiger charge is 2.07. The SMILES string of the molecule is COC(=O)c1cc(CCCC(C)O)c[nH]1. The smallest absolute Gasteiger partial charge is 0.354 e. The fourth-order valence-corrected chi connectivity index (χ4v) is 1.41. The molecule has 0 spiro atoms. The molecule has 4 heteroatoms. The van der Waals surface area contributed by atoms with E-state index in [2.05, 4.69) is 9.72 Å². The van der Waals surface area contributed by atoms with Crippen LogP contribution in [0.15, 0.2) is 12.3 Å². The number of H-pyrrole nitrogens is 1. The van der Waals surface area contributed by atoms with E-state index < -0.39 is 0 Å². The highest BCUT2D eigenvalue weighted by Crippen LogP contribution is 2.09. The van der Waals surface area contributed by atoms with E-state index in [0.717, 1.165) is 24.8 Å². The molecule has 1 heterocycles. The summed E-state index contributed by atoms with van der Waals surface area (Å²) in [4.78, 5) is 14.0. The number of rotatable bonds is 5. The van der Waals surface area contributed by atoms with Gasteiger partial charge in [0, 0.05) is 6.20 Å². The van der Waals surface area contributed by atoms with Crippen molar-refractivity contribution >= 4 is 5.97 Å². The molecular weight excluding hydrogens is 194 g/mol. The van der Waals surface area contributed by atoms with Gasteiger partial charge < -0.3 is 14.8 Å². The van der Waals surface area contributed by atoms with Crippen molar-refractivity contribution in [1.29, 1.82) is 0 Å². The van der Waals surface area contributed by atoms with E-state index in [-0.39, 0.29) is 12.1 Å². The minimum absolute atomic E-state index is 0.260. The number of carbonyl (C=O) groups is 1. The summed E-state index contributed by atoms with van der Waals surface area (Å²) in [6.45, 7) is 1.77. The van der Waals surface area contributed by atoms with Gasteiger partial charge in [-0.05, 0) is 37.8 Å². The van der Waals surface area contributed by atoms with Crippen LogP contribution in [0, 0.1) is 0 Å². The average Bonchev–Trinajstić information content (AvgIpc) is 2.65. The maximum absolute atomic E-state index is 11.1. The van der Waals surface area contributed by atoms with Crippen LogP contribution >= 0.6 is 0 Å². The zero-order valence-electron chi connectivity index (χ0n) is 9.12. The number of aliphatic hydroxyl groups excluding tert-OH is 1. The first-order chi connectivity index (χ1) is 7.13. The van der Waals surface area contributed by atoms with E-state index in [1.165, 1.54) is 7.11 Å². The molecule has 0 saturated carbocycles. The van der Waals surface area contributed by atoms with Crippen LogP contribution in [-0.2, 0) is 11.2 Å². The molecule has 0 aliphatic carbocycles. The monoisotopic (exact) mass is 211 g/mol. The van der Waals surface area contributed by atoms with E-state index in [0.29, 0.717) is 5.69 Å². The lowest BCUT2D eigenvalue weighted by atomic mass is 10.1. The molecule has 1 atom stereocenters. The van der Waals surface area contributed by atoms with Crippen molar-refractivity contribution in [3.63, 3.8) is 0 Å². The normalized spacial score (nSPS) is 12.5. The number of aromatic nitrogens is 1. The van der Waals surface area contributed by atoms with Crippen molar-refractivity contribution < 1.29 is 14.6 Å². The number of aromatic amines is 1. The van der Waals surface area contributed by atoms with Gasteiger partial charge in [-0.15, -0.1) is 0 Å². The summed E-state index contributed by atoms with van der Waals surface area (Å²) >= 11 is 0. The molecule has 1 rings (SSSR count). The van der Waals surface area contributed by atoms with Gasteiger partial charge >= 0.3 is 5.97 Å². The molecule has 84 valence electrons. The third-order valence-corrected chi connectivity index (χ3v) is 2.24. The third kappa shape index (κ3) is 3.75. The number of aliphatic hydroxyl groups is 1. The Hall–Kier alpha value is -1.29. The molecule has 0 saturated heterocycles. The van der Waals surface area contributed by atoms with Gasteiger partial charge in [-0.2, -0.15) is 0 Å². The maximum atomic E-state index is 11.1. The quantitative estimate of drug-likeness (QED) is 0.725. The Balaban J connectivity index is 2.43. The van der Waals surface area contributed by atoms with Crippen LogP contribution in [0.5, 0.6) is 0 Å². The summed E-state index contributed by atoms with van der Waals surface area (Å²) in [6, 6.07) is 1.79. The second kappa shape index (κ2) is 5.56. The van der Waals surface area contributed by atoms with Gasteiger partial charge in [0.2, 0.25) is 0 Å². The van der Waals surface area contributed by atoms with Crippen molar-refractivity contribution in [3.8, 4) is 0 Å². The van der Waals surface area contributed by atoms with E-state index >= 15 is 0 Å². The molecule has 0 amide bonds. The van der Waals surface area contributed by atoms with Gasteiger partial charge in [-0.3, -0.25) is 0 Å². The van der Waals surface area contributed by atoms with E-state index in [9.17, 15) is 4.79 Å². The summed E-state index contributed by atoms with van der Waals surface area (Å²) in [5, 5.41) is 9.08. The second-order valence-corrected chi connectivity index (χ2v) is 3.65. The zero-order chi connectivity index (χ0) is 11.3. The lowest BCUT2D eigenvalue weighted by Gasteiger charge is -2.01. The standard InChI is InChI=1S/C11H17NO3/c1-8(13)4-3-5-9-6-10(12-7-9)11(14)15-2/h6-8,12-13H,3-5H2,1-2H3. The van der Waals surface area contributed by atoms with Gasteiger partial charge in [0.15, 0.2) is 0 Å². The molecule has 2 N–H and O–H groups in total. The Bertz CT molecular complexity index is 317. The number of hydrogen-bond donors (Lipinski definition) is 2. The summed E-state index contributed by atoms with van der Waals surface area (Å²) in [5.41, 5.74) is 1.54. The van der Waals surface area contributed by atoms with Gasteiger partial charge in [0.05, 0.1) is 13.2 Å². The predicted molar refractivity (Wildman–Crippen MR) is 56.8 cm³/mol. The predicted octanol–water partition coefficient (Wildman–Crippen LogP) is 1.50. The molecule has 0 aliphatic rings. The summed E-state index contributed by atoms with van der Waals surface area (Å²) < 4.78 is 4.58. The number of carbonyl (C=O) groups excluding carboxylic acids is 1. The third-order valence-electron chi connectivity index (χ3n) is 2.24. The minimum Gasteiger partial charge on any atom is -0.464 e. The molecule has 4 nitrogen and oxygen atoms in total. The lowest BCUT2D eigenvalue weighted by Crippen LogP contribution is -2.00. The van der Waals surface area contributed by atoms with Gasteiger partial charge in [0.1, 0.15) is 5.69 Å². The lowest BCUT2D eigenvalue weighted by molar-refractivity contribution is 0.0595. The van der Waals surface area contributed by atoms with Crippen LogP contribution < -0.4 is 0 Å². The topological polar surface area (TPSA) is 62.3 Å². The van der Waals surface area contributed by atoms with Crippen LogP contribution in [0.4, 0.5) is 0 Å². The zero-order valence-corrected chi connectivity index (χ0v) is 9.12. The van der Waals surface area contributed by atoms with Crippen LogP contribution in [0.1, 0.15) is 35.8 Å². The first-order valence-electron chi connectivity index (χ1n) is 5.07. The maximum Gasteiger partial charge on any atom is 0.354 e. The van der Waals surface area contributed by atoms with Crippen LogP contribution in [0.25, 0.3) is 0 Å². The minimum atomic E-state index is -0.350. The van der Waals surface area contributed by atoms with Crippen molar-refractivity contribution in [3.05, 3.63) is 23.5 Å². The molecule has 0 aliphatic heterocycles. The second-order valence-electron chi connectivity index (χ2n) is 3.65. The molecule has 0 aromatic carbocycles. The number of methoxy groups -OCH3 is 1. The number of hydrogen-bond acceptors (Lipinski definition) is 3. The summed E-state index contributed by atoms with van der Waals surface area (Å²) in [5.74, 6) is -0.350. The molecular formula is C11H17NO3. The van der Waals surface area contributed by atoms with Gasteiger partial charge in [-0.1, -0.05) is 0 Å². The molecule has 0 radical (unpaired) electrons. The van der Waals surface area contributed by atoms with Crippen molar-refractivity contribution in [2.24, 2.45) is 0 Å². The van der Waals surface area contributed by atoms with Crippen LogP contribution in [0.2, 0.25) is 0 Å². The molecule has 1 aromatic rings. The molecule has 1 unspecified atom stereocenters. The average molecular weight is 211 g/mol. The van der Waals surface area contributed by atoms with E-state index in [1.54, 1.807) is 19.2 Å². The Morgan fingerprint density at radius 3 is 3.00 bits per heavy atom. The first kappa shape index (κ1) is 11.8. The Morgan fingerprint density at radius 2 is 2.40 bits per heavy atom. The molecule has 1 aromatic heterocycles. The Labute approximate surface area is 89.3 Å². The number of nitrogens with one attached hydrogen (secondary N) is 1. The highest BCUT2D eigenvalue weighted by molar-refractivity contribution is 5.87. The van der Waals surface area contributed by atoms with E-state index in [1.807, 2.05) is 0 Å². The molecule has 0 fully saturated rings. The largest absolute Gasteiger partial charge is 0.464 e. The number of esters is 1. The summed E-state index contributed by atoms with van der Waals surface area (Å²) in [7, 11) is 1.36. The first-order valence-corrected chi connectivity index (χ1v) is 5.07. The highest BCUT2D eigenvalue weighted by atomic mass is 16.5. The fraction of sp³-hybridized carbons (Fsp3) is 0.545. The van der Waals surface area contributed by atoms with Crippen molar-refractivity contribution in [2.45, 2.75) is 32.3 Å². The van der Waals surface area contributed by atoms with Crippen LogP contribution in [0.3, 0.4) is 0 Å². The summed E-state index contributed by atoms with van der Waals surface area (Å²) in [6.07, 6.45) is 4.09. The molecule has 0 bridgehead atoms. The fourth-order valence-electron chi connectivity index (χ4n) is 1.41. The van der Waals surface area contributed by atoms with E-state index in [4.69, 9.17) is 5.11 Å². The van der Waals surface area contributed by atoms with Crippen LogP contribution in [-0.4, -0.2) is 29.3 Å². The van der Waals surface area contributed by atoms with Gasteiger partial charge in [-0.25, -0.2) is 4.79 Å². The number of ether oxygens (including phenoxy) is 1. The Kier molecular flexibility index (Phi) is 4.37. The van der Waals surface area contributed by atoms with Crippen molar-refractivity contribution in [2.75, 3.05) is 7.11 Å². The van der Waals surface area contributed by atoms with Gasteiger partial charge in [0.25, 0.3) is 0 Å².